The number of nitrogens with zero attached hydrogens (tertiary/aromatic N) is 3. The van der Waals surface area contributed by atoms with Gasteiger partial charge in [-0.1, -0.05) is 23.9 Å². The summed E-state index contributed by atoms with van der Waals surface area (Å²) < 4.78 is 17.9. The minimum atomic E-state index is -0.429. The smallest absolute Gasteiger partial charge is 0.277 e. The summed E-state index contributed by atoms with van der Waals surface area (Å²) in [6.45, 7) is 9.18. The SMILES string of the molecule is C=CCOc1cccc(NC(=O)c2cn(CC(OCC)OCC)nn2)c1. The average Bonchev–Trinajstić information content (AvgIpc) is 3.09. The van der Waals surface area contributed by atoms with E-state index < -0.39 is 6.29 Å². The average molecular weight is 360 g/mol. The lowest BCUT2D eigenvalue weighted by atomic mass is 10.3. The molecule has 1 amide bonds. The van der Waals surface area contributed by atoms with Crippen molar-refractivity contribution in [2.24, 2.45) is 0 Å². The molecule has 0 aliphatic rings. The van der Waals surface area contributed by atoms with Crippen molar-refractivity contribution in [2.45, 2.75) is 26.7 Å². The topological polar surface area (TPSA) is 87.5 Å². The molecule has 0 radical (unpaired) electrons. The second kappa shape index (κ2) is 10.3. The zero-order valence-electron chi connectivity index (χ0n) is 15.1. The number of amides is 1. The molecular weight excluding hydrogens is 336 g/mol. The standard InChI is InChI=1S/C18H24N4O4/c1-4-10-26-15-9-7-8-14(11-15)19-18(23)16-12-22(21-20-16)13-17(24-5-2)25-6-3/h4,7-9,11-12,17H,1,5-6,10,13H2,2-3H3,(H,19,23). The number of carbonyl (C=O) groups excluding carboxylic acids is 1. The molecule has 0 aliphatic heterocycles. The molecule has 26 heavy (non-hydrogen) atoms. The minimum absolute atomic E-state index is 0.203. The lowest BCUT2D eigenvalue weighted by Gasteiger charge is -2.16. The molecule has 0 bridgehead atoms. The Morgan fingerprint density at radius 3 is 2.81 bits per heavy atom. The van der Waals surface area contributed by atoms with Gasteiger partial charge < -0.3 is 19.5 Å². The zero-order valence-corrected chi connectivity index (χ0v) is 15.1. The third kappa shape index (κ3) is 5.98. The van der Waals surface area contributed by atoms with E-state index in [1.165, 1.54) is 4.68 Å². The Morgan fingerprint density at radius 2 is 2.12 bits per heavy atom. The number of rotatable bonds is 11. The number of aromatic nitrogens is 3. The molecule has 0 unspecified atom stereocenters. The molecule has 8 heteroatoms. The monoisotopic (exact) mass is 360 g/mol. The van der Waals surface area contributed by atoms with E-state index in [9.17, 15) is 4.79 Å². The van der Waals surface area contributed by atoms with Gasteiger partial charge in [0.25, 0.3) is 5.91 Å². The molecule has 0 aliphatic carbocycles. The molecule has 0 spiro atoms. The summed E-state index contributed by atoms with van der Waals surface area (Å²) in [6, 6.07) is 7.09. The summed E-state index contributed by atoms with van der Waals surface area (Å²) in [6.07, 6.45) is 2.78. The van der Waals surface area contributed by atoms with Crippen LogP contribution >= 0.6 is 0 Å². The molecule has 0 fully saturated rings. The van der Waals surface area contributed by atoms with Gasteiger partial charge in [-0.05, 0) is 26.0 Å². The molecule has 0 saturated heterocycles. The molecule has 1 N–H and O–H groups in total. The van der Waals surface area contributed by atoms with E-state index in [2.05, 4.69) is 22.2 Å². The molecule has 1 aromatic heterocycles. The van der Waals surface area contributed by atoms with Gasteiger partial charge in [-0.3, -0.25) is 4.79 Å². The number of hydrogen-bond acceptors (Lipinski definition) is 6. The number of carbonyl (C=O) groups is 1. The van der Waals surface area contributed by atoms with Gasteiger partial charge in [-0.2, -0.15) is 0 Å². The van der Waals surface area contributed by atoms with E-state index in [1.54, 1.807) is 36.5 Å². The fraction of sp³-hybridized carbons (Fsp3) is 0.389. The van der Waals surface area contributed by atoms with Crippen LogP contribution in [-0.4, -0.2) is 47.0 Å². The summed E-state index contributed by atoms with van der Waals surface area (Å²) in [7, 11) is 0. The normalized spacial score (nSPS) is 10.7. The van der Waals surface area contributed by atoms with Crippen LogP contribution < -0.4 is 10.1 Å². The van der Waals surface area contributed by atoms with Crippen molar-refractivity contribution in [3.8, 4) is 5.75 Å². The molecule has 0 saturated carbocycles. The van der Waals surface area contributed by atoms with Gasteiger partial charge in [0.15, 0.2) is 12.0 Å². The van der Waals surface area contributed by atoms with E-state index in [-0.39, 0.29) is 11.6 Å². The van der Waals surface area contributed by atoms with Crippen LogP contribution in [0.15, 0.2) is 43.1 Å². The number of benzene rings is 1. The van der Waals surface area contributed by atoms with Crippen molar-refractivity contribution in [3.05, 3.63) is 48.8 Å². The van der Waals surface area contributed by atoms with E-state index in [1.807, 2.05) is 13.8 Å². The first-order chi connectivity index (χ1) is 12.7. The highest BCUT2D eigenvalue weighted by Gasteiger charge is 2.15. The number of hydrogen-bond donors (Lipinski definition) is 1. The van der Waals surface area contributed by atoms with Crippen LogP contribution in [-0.2, 0) is 16.0 Å². The van der Waals surface area contributed by atoms with Crippen molar-refractivity contribution in [2.75, 3.05) is 25.1 Å². The molecule has 1 aromatic carbocycles. The summed E-state index contributed by atoms with van der Waals surface area (Å²) in [5.74, 6) is 0.282. The lowest BCUT2D eigenvalue weighted by Crippen LogP contribution is -2.24. The Labute approximate surface area is 152 Å². The Kier molecular flexibility index (Phi) is 7.78. The number of anilines is 1. The van der Waals surface area contributed by atoms with Crippen molar-refractivity contribution in [1.82, 2.24) is 15.0 Å². The Balaban J connectivity index is 1.98. The van der Waals surface area contributed by atoms with Crippen LogP contribution in [0, 0.1) is 0 Å². The van der Waals surface area contributed by atoms with Crippen LogP contribution in [0.4, 0.5) is 5.69 Å². The molecule has 0 atom stereocenters. The van der Waals surface area contributed by atoms with Gasteiger partial charge in [0.2, 0.25) is 0 Å². The van der Waals surface area contributed by atoms with Gasteiger partial charge in [0.1, 0.15) is 12.4 Å². The van der Waals surface area contributed by atoms with Crippen molar-refractivity contribution >= 4 is 11.6 Å². The van der Waals surface area contributed by atoms with Crippen LogP contribution in [0.25, 0.3) is 0 Å². The second-order valence-corrected chi connectivity index (χ2v) is 5.25. The fourth-order valence-corrected chi connectivity index (χ4v) is 2.18. The van der Waals surface area contributed by atoms with Crippen LogP contribution in [0.3, 0.4) is 0 Å². The van der Waals surface area contributed by atoms with Gasteiger partial charge in [-0.15, -0.1) is 5.10 Å². The molecule has 140 valence electrons. The highest BCUT2D eigenvalue weighted by molar-refractivity contribution is 6.02. The van der Waals surface area contributed by atoms with E-state index in [0.29, 0.717) is 37.8 Å². The van der Waals surface area contributed by atoms with E-state index in [0.717, 1.165) is 0 Å². The van der Waals surface area contributed by atoms with Crippen LogP contribution in [0.5, 0.6) is 5.75 Å². The summed E-state index contributed by atoms with van der Waals surface area (Å²) in [5.41, 5.74) is 0.807. The maximum absolute atomic E-state index is 12.3. The molecule has 1 heterocycles. The highest BCUT2D eigenvalue weighted by Crippen LogP contribution is 2.18. The van der Waals surface area contributed by atoms with Crippen molar-refractivity contribution in [3.63, 3.8) is 0 Å². The summed E-state index contributed by atoms with van der Waals surface area (Å²) in [5, 5.41) is 10.6. The zero-order chi connectivity index (χ0) is 18.8. The van der Waals surface area contributed by atoms with Gasteiger partial charge >= 0.3 is 0 Å². The third-order valence-corrected chi connectivity index (χ3v) is 3.27. The second-order valence-electron chi connectivity index (χ2n) is 5.25. The van der Waals surface area contributed by atoms with Crippen LogP contribution in [0.1, 0.15) is 24.3 Å². The van der Waals surface area contributed by atoms with Gasteiger partial charge in [0.05, 0.1) is 12.7 Å². The maximum Gasteiger partial charge on any atom is 0.277 e. The largest absolute Gasteiger partial charge is 0.489 e. The fourth-order valence-electron chi connectivity index (χ4n) is 2.18. The Hall–Kier alpha value is -2.71. The first-order valence-electron chi connectivity index (χ1n) is 8.44. The Bertz CT molecular complexity index is 711. The highest BCUT2D eigenvalue weighted by atomic mass is 16.7. The maximum atomic E-state index is 12.3. The van der Waals surface area contributed by atoms with Gasteiger partial charge in [-0.25, -0.2) is 4.68 Å². The summed E-state index contributed by atoms with van der Waals surface area (Å²) in [4.78, 5) is 12.3. The minimum Gasteiger partial charge on any atom is -0.489 e. The molecule has 2 rings (SSSR count). The molecule has 8 nitrogen and oxygen atoms in total. The van der Waals surface area contributed by atoms with Crippen LogP contribution in [0.2, 0.25) is 0 Å². The predicted molar refractivity (Wildman–Crippen MR) is 97.1 cm³/mol. The summed E-state index contributed by atoms with van der Waals surface area (Å²) >= 11 is 0. The van der Waals surface area contributed by atoms with Crippen molar-refractivity contribution < 1.29 is 19.0 Å². The van der Waals surface area contributed by atoms with Crippen molar-refractivity contribution in [1.29, 1.82) is 0 Å². The molecular formula is C18H24N4O4. The number of nitrogens with one attached hydrogen (secondary N) is 1. The lowest BCUT2D eigenvalue weighted by molar-refractivity contribution is -0.145. The predicted octanol–water partition coefficient (Wildman–Crippen LogP) is 2.49. The Morgan fingerprint density at radius 1 is 1.35 bits per heavy atom. The van der Waals surface area contributed by atoms with E-state index in [4.69, 9.17) is 14.2 Å². The number of ether oxygens (including phenoxy) is 3. The molecule has 2 aromatic rings. The first kappa shape index (κ1) is 19.6. The first-order valence-corrected chi connectivity index (χ1v) is 8.44. The quantitative estimate of drug-likeness (QED) is 0.489. The third-order valence-electron chi connectivity index (χ3n) is 3.27. The van der Waals surface area contributed by atoms with E-state index >= 15 is 0 Å². The van der Waals surface area contributed by atoms with Gasteiger partial charge in [0, 0.05) is 25.0 Å².